The number of halogens is 1. The number of nitrogens with one attached hydrogen (secondary N) is 1. The fraction of sp³-hybridized carbons (Fsp3) is 0.316. The number of amides is 1. The van der Waals surface area contributed by atoms with Crippen molar-refractivity contribution in [3.63, 3.8) is 0 Å². The summed E-state index contributed by atoms with van der Waals surface area (Å²) in [5, 5.41) is 3.30. The third-order valence-electron chi connectivity index (χ3n) is 3.89. The van der Waals surface area contributed by atoms with Gasteiger partial charge in [0.1, 0.15) is 0 Å². The molecule has 0 bridgehead atoms. The van der Waals surface area contributed by atoms with Crippen LogP contribution in [-0.4, -0.2) is 27.1 Å². The Hall–Kier alpha value is -2.05. The Kier molecular flexibility index (Phi) is 6.31. The summed E-state index contributed by atoms with van der Waals surface area (Å²) in [5.41, 5.74) is 4.11. The van der Waals surface area contributed by atoms with E-state index >= 15 is 0 Å². The Morgan fingerprint density at radius 3 is 2.23 bits per heavy atom. The maximum Gasteiger partial charge on any atom is 0.232 e. The molecule has 7 heteroatoms. The lowest BCUT2D eigenvalue weighted by Gasteiger charge is -2.22. The highest BCUT2D eigenvalue weighted by Gasteiger charge is 2.19. The van der Waals surface area contributed by atoms with Gasteiger partial charge in [0.15, 0.2) is 0 Å². The first-order valence-electron chi connectivity index (χ1n) is 8.18. The van der Waals surface area contributed by atoms with Crippen LogP contribution in [0.3, 0.4) is 0 Å². The van der Waals surface area contributed by atoms with Crippen LogP contribution in [0.15, 0.2) is 36.4 Å². The molecule has 26 heavy (non-hydrogen) atoms. The van der Waals surface area contributed by atoms with Crippen molar-refractivity contribution in [2.75, 3.05) is 22.4 Å². The standard InChI is InChI=1S/C19H23ClN2O3S/c1-13-9-14(2)11-16(10-13)21-19(23)7-8-22(26(4,24)25)17-6-5-15(3)18(20)12-17/h5-6,9-12H,7-8H2,1-4H3,(H,21,23). The lowest BCUT2D eigenvalue weighted by atomic mass is 10.1. The third-order valence-corrected chi connectivity index (χ3v) is 5.49. The SMILES string of the molecule is Cc1cc(C)cc(NC(=O)CCN(c2ccc(C)c(Cl)c2)S(C)(=O)=O)c1. The third kappa shape index (κ3) is 5.47. The quantitative estimate of drug-likeness (QED) is 0.803. The molecule has 1 N–H and O–H groups in total. The molecule has 0 fully saturated rings. The van der Waals surface area contributed by atoms with E-state index in [0.29, 0.717) is 16.4 Å². The number of benzene rings is 2. The van der Waals surface area contributed by atoms with Gasteiger partial charge in [0.25, 0.3) is 0 Å². The van der Waals surface area contributed by atoms with Crippen molar-refractivity contribution >= 4 is 38.9 Å². The zero-order chi connectivity index (χ0) is 19.5. The molecule has 0 radical (unpaired) electrons. The molecule has 0 saturated heterocycles. The van der Waals surface area contributed by atoms with Gasteiger partial charge in [-0.1, -0.05) is 23.7 Å². The van der Waals surface area contributed by atoms with Crippen LogP contribution in [0.4, 0.5) is 11.4 Å². The van der Waals surface area contributed by atoms with Crippen molar-refractivity contribution in [2.24, 2.45) is 0 Å². The van der Waals surface area contributed by atoms with Gasteiger partial charge in [-0.3, -0.25) is 9.10 Å². The first-order valence-corrected chi connectivity index (χ1v) is 10.4. The summed E-state index contributed by atoms with van der Waals surface area (Å²) in [7, 11) is -3.53. The van der Waals surface area contributed by atoms with Crippen molar-refractivity contribution in [3.8, 4) is 0 Å². The predicted octanol–water partition coefficient (Wildman–Crippen LogP) is 4.06. The number of anilines is 2. The first kappa shape index (κ1) is 20.3. The van der Waals surface area contributed by atoms with Gasteiger partial charge in [0.05, 0.1) is 11.9 Å². The molecule has 0 aliphatic carbocycles. The average Bonchev–Trinajstić information content (AvgIpc) is 2.48. The summed E-state index contributed by atoms with van der Waals surface area (Å²) in [6.07, 6.45) is 1.15. The minimum absolute atomic E-state index is 0.0333. The second-order valence-electron chi connectivity index (χ2n) is 6.44. The highest BCUT2D eigenvalue weighted by Crippen LogP contribution is 2.25. The molecule has 0 saturated carbocycles. The van der Waals surface area contributed by atoms with Crippen molar-refractivity contribution < 1.29 is 13.2 Å². The minimum Gasteiger partial charge on any atom is -0.326 e. The summed E-state index contributed by atoms with van der Waals surface area (Å²) >= 11 is 6.11. The molecule has 2 rings (SSSR count). The second kappa shape index (κ2) is 8.10. The van der Waals surface area contributed by atoms with Crippen LogP contribution in [0.1, 0.15) is 23.1 Å². The number of hydrogen-bond acceptors (Lipinski definition) is 3. The zero-order valence-corrected chi connectivity index (χ0v) is 16.9. The maximum atomic E-state index is 12.3. The van der Waals surface area contributed by atoms with Gasteiger partial charge in [0, 0.05) is 23.7 Å². The van der Waals surface area contributed by atoms with E-state index in [9.17, 15) is 13.2 Å². The Morgan fingerprint density at radius 1 is 1.08 bits per heavy atom. The molecular weight excluding hydrogens is 372 g/mol. The van der Waals surface area contributed by atoms with E-state index in [1.54, 1.807) is 18.2 Å². The average molecular weight is 395 g/mol. The van der Waals surface area contributed by atoms with E-state index in [1.165, 1.54) is 4.31 Å². The number of carbonyl (C=O) groups excluding carboxylic acids is 1. The molecular formula is C19H23ClN2O3S. The smallest absolute Gasteiger partial charge is 0.232 e. The zero-order valence-electron chi connectivity index (χ0n) is 15.3. The van der Waals surface area contributed by atoms with E-state index in [4.69, 9.17) is 11.6 Å². The Labute approximate surface area is 160 Å². The highest BCUT2D eigenvalue weighted by molar-refractivity contribution is 7.92. The normalized spacial score (nSPS) is 11.3. The number of aryl methyl sites for hydroxylation is 3. The van der Waals surface area contributed by atoms with Crippen molar-refractivity contribution in [2.45, 2.75) is 27.2 Å². The Morgan fingerprint density at radius 2 is 1.69 bits per heavy atom. The molecule has 0 unspecified atom stereocenters. The number of carbonyl (C=O) groups is 1. The van der Waals surface area contributed by atoms with E-state index in [0.717, 1.165) is 22.9 Å². The molecule has 0 spiro atoms. The van der Waals surface area contributed by atoms with Crippen LogP contribution in [0.2, 0.25) is 5.02 Å². The lowest BCUT2D eigenvalue weighted by molar-refractivity contribution is -0.116. The van der Waals surface area contributed by atoms with E-state index in [2.05, 4.69) is 5.32 Å². The maximum absolute atomic E-state index is 12.3. The van der Waals surface area contributed by atoms with Crippen molar-refractivity contribution in [1.82, 2.24) is 0 Å². The number of nitrogens with zero attached hydrogens (tertiary/aromatic N) is 1. The topological polar surface area (TPSA) is 66.5 Å². The number of sulfonamides is 1. The predicted molar refractivity (Wildman–Crippen MR) is 108 cm³/mol. The molecule has 5 nitrogen and oxygen atoms in total. The van der Waals surface area contributed by atoms with Crippen LogP contribution in [0.25, 0.3) is 0 Å². The van der Waals surface area contributed by atoms with E-state index in [-0.39, 0.29) is 18.9 Å². The first-order chi connectivity index (χ1) is 12.1. The summed E-state index contributed by atoms with van der Waals surface area (Å²) in [5.74, 6) is -0.248. The summed E-state index contributed by atoms with van der Waals surface area (Å²) in [6.45, 7) is 5.79. The summed E-state index contributed by atoms with van der Waals surface area (Å²) < 4.78 is 25.5. The molecule has 2 aromatic carbocycles. The molecule has 0 aromatic heterocycles. The van der Waals surface area contributed by atoms with Gasteiger partial charge in [0.2, 0.25) is 15.9 Å². The monoisotopic (exact) mass is 394 g/mol. The molecule has 2 aromatic rings. The van der Waals surface area contributed by atoms with Crippen LogP contribution >= 0.6 is 11.6 Å². The van der Waals surface area contributed by atoms with Gasteiger partial charge in [-0.2, -0.15) is 0 Å². The molecule has 0 heterocycles. The van der Waals surface area contributed by atoms with E-state index < -0.39 is 10.0 Å². The van der Waals surface area contributed by atoms with Crippen LogP contribution in [0.5, 0.6) is 0 Å². The summed E-state index contributed by atoms with van der Waals surface area (Å²) in [4.78, 5) is 12.3. The van der Waals surface area contributed by atoms with Gasteiger partial charge < -0.3 is 5.32 Å². The highest BCUT2D eigenvalue weighted by atomic mass is 35.5. The van der Waals surface area contributed by atoms with Gasteiger partial charge in [-0.05, 0) is 61.7 Å². The number of hydrogen-bond donors (Lipinski definition) is 1. The molecule has 0 aliphatic heterocycles. The molecule has 1 amide bonds. The Balaban J connectivity index is 2.12. The molecule has 0 atom stereocenters. The van der Waals surface area contributed by atoms with Crippen molar-refractivity contribution in [3.05, 3.63) is 58.1 Å². The van der Waals surface area contributed by atoms with Gasteiger partial charge in [-0.15, -0.1) is 0 Å². The molecule has 140 valence electrons. The van der Waals surface area contributed by atoms with Crippen molar-refractivity contribution in [1.29, 1.82) is 0 Å². The minimum atomic E-state index is -3.53. The summed E-state index contributed by atoms with van der Waals surface area (Å²) in [6, 6.07) is 10.8. The largest absolute Gasteiger partial charge is 0.326 e. The fourth-order valence-electron chi connectivity index (χ4n) is 2.70. The number of rotatable bonds is 6. The second-order valence-corrected chi connectivity index (χ2v) is 8.76. The Bertz CT molecular complexity index is 906. The molecule has 0 aliphatic rings. The van der Waals surface area contributed by atoms with Gasteiger partial charge in [-0.25, -0.2) is 8.42 Å². The van der Waals surface area contributed by atoms with Gasteiger partial charge >= 0.3 is 0 Å². The van der Waals surface area contributed by atoms with Crippen LogP contribution < -0.4 is 9.62 Å². The van der Waals surface area contributed by atoms with Crippen LogP contribution in [-0.2, 0) is 14.8 Å². The fourth-order valence-corrected chi connectivity index (χ4v) is 3.79. The van der Waals surface area contributed by atoms with E-state index in [1.807, 2.05) is 39.0 Å². The lowest BCUT2D eigenvalue weighted by Crippen LogP contribution is -2.33. The van der Waals surface area contributed by atoms with Crippen LogP contribution in [0, 0.1) is 20.8 Å².